The van der Waals surface area contributed by atoms with Crippen LogP contribution in [0.1, 0.15) is 4.88 Å². The smallest absolute Gasteiger partial charge is 0.301 e. The van der Waals surface area contributed by atoms with Crippen molar-refractivity contribution in [1.29, 1.82) is 0 Å². The van der Waals surface area contributed by atoms with Crippen LogP contribution in [0, 0.1) is 5.92 Å². The number of fused-ring (bicyclic) bond motifs is 5. The lowest BCUT2D eigenvalue weighted by Crippen LogP contribution is -2.57. The van der Waals surface area contributed by atoms with E-state index < -0.39 is 31.8 Å². The van der Waals surface area contributed by atoms with E-state index in [0.29, 0.717) is 6.42 Å². The summed E-state index contributed by atoms with van der Waals surface area (Å²) in [6.45, 7) is 4.74. The highest BCUT2D eigenvalue weighted by Gasteiger charge is 2.44. The van der Waals surface area contributed by atoms with Crippen LogP contribution >= 0.6 is 11.3 Å². The van der Waals surface area contributed by atoms with Crippen LogP contribution in [0.25, 0.3) is 26.8 Å². The lowest BCUT2D eigenvalue weighted by molar-refractivity contribution is -0.147. The summed E-state index contributed by atoms with van der Waals surface area (Å²) in [7, 11) is 0.883. The molecule has 1 saturated heterocycles. The minimum absolute atomic E-state index is 0.306. The van der Waals surface area contributed by atoms with Crippen LogP contribution in [0.15, 0.2) is 48.5 Å². The molecule has 0 saturated carbocycles. The molecule has 2 aliphatic heterocycles. The van der Waals surface area contributed by atoms with E-state index >= 15 is 0 Å². The highest BCUT2D eigenvalue weighted by molar-refractivity contribution is 7.19. The van der Waals surface area contributed by atoms with Gasteiger partial charge in [0.25, 0.3) is 0 Å². The summed E-state index contributed by atoms with van der Waals surface area (Å²) in [6, 6.07) is 16.7. The molecule has 6 nitrogen and oxygen atoms in total. The fourth-order valence-corrected chi connectivity index (χ4v) is 10.4. The molecule has 0 aliphatic carbocycles. The average molecular weight is 474 g/mol. The molecular weight excluding hydrogens is 450 g/mol. The number of barbiturate groups is 1. The number of para-hydroxylation sites is 2. The second-order valence-electron chi connectivity index (χ2n) is 9.44. The first-order valence-corrected chi connectivity index (χ1v) is 14.8. The van der Waals surface area contributed by atoms with Crippen molar-refractivity contribution in [2.24, 2.45) is 5.92 Å². The predicted molar refractivity (Wildman–Crippen MR) is 134 cm³/mol. The fourth-order valence-electron chi connectivity index (χ4n) is 5.39. The molecule has 0 bridgehead atoms. The Morgan fingerprint density at radius 2 is 1.55 bits per heavy atom. The second-order valence-corrected chi connectivity index (χ2v) is 14.9. The van der Waals surface area contributed by atoms with Gasteiger partial charge in [-0.1, -0.05) is 49.5 Å². The fraction of sp³-hybridized carbons (Fsp3) is 0.240. The van der Waals surface area contributed by atoms with Crippen molar-refractivity contribution in [2.75, 3.05) is 14.1 Å². The molecule has 0 unspecified atom stereocenters. The van der Waals surface area contributed by atoms with Gasteiger partial charge in [0.1, 0.15) is 14.0 Å². The Morgan fingerprint density at radius 3 is 2.27 bits per heavy atom. The molecule has 0 radical (unpaired) electrons. The van der Waals surface area contributed by atoms with Gasteiger partial charge in [-0.05, 0) is 22.5 Å². The average Bonchev–Trinajstić information content (AvgIpc) is 3.38. The van der Waals surface area contributed by atoms with Gasteiger partial charge in [0.15, 0.2) is 0 Å². The number of carbonyl (C=O) groups excluding carboxylic acids is 3. The van der Waals surface area contributed by atoms with E-state index in [1.807, 2.05) is 0 Å². The summed E-state index contributed by atoms with van der Waals surface area (Å²) in [4.78, 5) is 40.8. The third kappa shape index (κ3) is 2.56. The number of carbonyl (C=O) groups is 3. The van der Waals surface area contributed by atoms with Gasteiger partial charge in [0.05, 0.1) is 16.0 Å². The zero-order valence-corrected chi connectivity index (χ0v) is 20.7. The molecule has 33 heavy (non-hydrogen) atoms. The number of aromatic nitrogens is 1. The Hall–Kier alpha value is -3.23. The maximum atomic E-state index is 12.8. The predicted octanol–water partition coefficient (Wildman–Crippen LogP) is 3.19. The maximum absolute atomic E-state index is 12.8. The van der Waals surface area contributed by atoms with Crippen LogP contribution in [0.2, 0.25) is 13.1 Å². The molecule has 0 N–H and O–H groups in total. The summed E-state index contributed by atoms with van der Waals surface area (Å²) in [6.07, 6.45) is 0.306. The molecule has 1 fully saturated rings. The minimum Gasteiger partial charge on any atom is -0.301 e. The number of hydrogen-bond acceptors (Lipinski definition) is 4. The Balaban J connectivity index is 1.54. The minimum atomic E-state index is -2.00. The number of benzene rings is 2. The van der Waals surface area contributed by atoms with Crippen molar-refractivity contribution < 1.29 is 14.4 Å². The van der Waals surface area contributed by atoms with Crippen LogP contribution in [0.4, 0.5) is 4.79 Å². The summed E-state index contributed by atoms with van der Waals surface area (Å²) in [5.41, 5.74) is 2.46. The van der Waals surface area contributed by atoms with Gasteiger partial charge in [-0.25, -0.2) is 4.79 Å². The molecule has 2 aromatic carbocycles. The molecule has 2 aliphatic rings. The van der Waals surface area contributed by atoms with Gasteiger partial charge in [-0.2, -0.15) is 0 Å². The topological polar surface area (TPSA) is 62.6 Å². The lowest BCUT2D eigenvalue weighted by atomic mass is 9.99. The van der Waals surface area contributed by atoms with Crippen molar-refractivity contribution in [3.8, 4) is 5.00 Å². The standard InChI is InChI=1S/C25H23N3O3SSi/c1-26-22(29)17(23(30)27(2)25(26)31)12-14-13-20-24(32-14)28-18-10-6-5-8-15(18)16-9-7-11-19(21(16)28)33(20,3)4/h5-11,13,17H,12H2,1-4H3. The summed E-state index contributed by atoms with van der Waals surface area (Å²) in [5.74, 6) is -1.72. The molecule has 4 aromatic rings. The van der Waals surface area contributed by atoms with Crippen molar-refractivity contribution in [3.63, 3.8) is 0 Å². The molecule has 6 rings (SSSR count). The highest BCUT2D eigenvalue weighted by Crippen LogP contribution is 2.38. The summed E-state index contributed by atoms with van der Waals surface area (Å²) < 4.78 is 2.37. The third-order valence-electron chi connectivity index (χ3n) is 7.24. The van der Waals surface area contributed by atoms with Crippen LogP contribution in [0.3, 0.4) is 0 Å². The van der Waals surface area contributed by atoms with E-state index in [1.54, 1.807) is 11.3 Å². The van der Waals surface area contributed by atoms with E-state index in [-0.39, 0.29) is 0 Å². The van der Waals surface area contributed by atoms with E-state index in [0.717, 1.165) is 14.7 Å². The van der Waals surface area contributed by atoms with E-state index in [1.165, 1.54) is 51.3 Å². The number of thiophene rings is 1. The van der Waals surface area contributed by atoms with Gasteiger partial charge < -0.3 is 4.57 Å². The monoisotopic (exact) mass is 473 g/mol. The Kier molecular flexibility index (Phi) is 4.10. The second kappa shape index (κ2) is 6.65. The molecule has 4 amide bonds. The zero-order chi connectivity index (χ0) is 23.2. The normalized spacial score (nSPS) is 18.0. The van der Waals surface area contributed by atoms with Crippen molar-refractivity contribution >= 4 is 69.4 Å². The first-order valence-electron chi connectivity index (χ1n) is 11.0. The molecule has 4 heterocycles. The van der Waals surface area contributed by atoms with Crippen molar-refractivity contribution in [2.45, 2.75) is 19.5 Å². The summed E-state index contributed by atoms with van der Waals surface area (Å²) >= 11 is 1.67. The molecule has 166 valence electrons. The highest BCUT2D eigenvalue weighted by atomic mass is 32.1. The van der Waals surface area contributed by atoms with Crippen LogP contribution in [0.5, 0.6) is 0 Å². The van der Waals surface area contributed by atoms with E-state index in [9.17, 15) is 14.4 Å². The van der Waals surface area contributed by atoms with E-state index in [2.05, 4.69) is 66.2 Å². The van der Waals surface area contributed by atoms with Gasteiger partial charge in [-0.3, -0.25) is 19.4 Å². The molecule has 8 heteroatoms. The van der Waals surface area contributed by atoms with Gasteiger partial charge >= 0.3 is 6.03 Å². The van der Waals surface area contributed by atoms with Crippen molar-refractivity contribution in [3.05, 3.63) is 53.4 Å². The number of rotatable bonds is 2. The zero-order valence-electron chi connectivity index (χ0n) is 18.9. The number of urea groups is 1. The van der Waals surface area contributed by atoms with Crippen LogP contribution in [-0.4, -0.2) is 54.4 Å². The molecular formula is C25H23N3O3SSi. The van der Waals surface area contributed by atoms with Crippen LogP contribution in [-0.2, 0) is 16.0 Å². The Morgan fingerprint density at radius 1 is 0.879 bits per heavy atom. The molecule has 0 atom stereocenters. The number of nitrogens with zero attached hydrogens (tertiary/aromatic N) is 3. The third-order valence-corrected chi connectivity index (χ3v) is 12.0. The maximum Gasteiger partial charge on any atom is 0.332 e. The Bertz CT molecular complexity index is 1510. The molecule has 0 spiro atoms. The van der Waals surface area contributed by atoms with Crippen LogP contribution < -0.4 is 10.4 Å². The largest absolute Gasteiger partial charge is 0.332 e. The first kappa shape index (κ1) is 20.4. The SMILES string of the molecule is CN1C(=O)C(Cc2cc3c(s2)-n2c4ccccc4c4cccc(c42)[Si]3(C)C)C(=O)N(C)C1=O. The Labute approximate surface area is 196 Å². The van der Waals surface area contributed by atoms with Gasteiger partial charge in [0, 0.05) is 36.2 Å². The number of amides is 4. The van der Waals surface area contributed by atoms with Gasteiger partial charge in [0.2, 0.25) is 11.8 Å². The lowest BCUT2D eigenvalue weighted by Gasteiger charge is -2.32. The summed E-state index contributed by atoms with van der Waals surface area (Å²) in [5, 5.41) is 6.44. The molecule has 2 aromatic heterocycles. The number of hydrogen-bond donors (Lipinski definition) is 0. The quantitative estimate of drug-likeness (QED) is 0.332. The number of imide groups is 2. The van der Waals surface area contributed by atoms with Gasteiger partial charge in [-0.15, -0.1) is 11.3 Å². The van der Waals surface area contributed by atoms with Crippen molar-refractivity contribution in [1.82, 2.24) is 14.4 Å². The first-order chi connectivity index (χ1) is 15.7. The van der Waals surface area contributed by atoms with E-state index in [4.69, 9.17) is 0 Å².